The number of carbonyl (C=O) groups is 1. The summed E-state index contributed by atoms with van der Waals surface area (Å²) in [6.45, 7) is 11.1. The second kappa shape index (κ2) is 29.9. The summed E-state index contributed by atoms with van der Waals surface area (Å²) in [5.74, 6) is 1.17. The Hall–Kier alpha value is -0.530. The third kappa shape index (κ3) is 29.0. The van der Waals surface area contributed by atoms with Crippen LogP contribution in [0.3, 0.4) is 0 Å². The van der Waals surface area contributed by atoms with E-state index in [2.05, 4.69) is 27.7 Å². The van der Waals surface area contributed by atoms with Crippen molar-refractivity contribution in [2.24, 2.45) is 23.7 Å². The van der Waals surface area contributed by atoms with Gasteiger partial charge in [-0.15, -0.1) is 0 Å². The molecule has 0 rings (SSSR count). The van der Waals surface area contributed by atoms with Gasteiger partial charge in [0.05, 0.1) is 5.92 Å². The van der Waals surface area contributed by atoms with E-state index in [0.29, 0.717) is 11.8 Å². The summed E-state index contributed by atoms with van der Waals surface area (Å²) in [7, 11) is 0. The lowest BCUT2D eigenvalue weighted by Crippen LogP contribution is -2.15. The highest BCUT2D eigenvalue weighted by atomic mass is 16.4. The molecule has 0 heterocycles. The predicted octanol–water partition coefficient (Wildman–Crippen LogP) is 13.6. The number of unbranched alkanes of at least 4 members (excludes halogenated alkanes) is 23. The summed E-state index contributed by atoms with van der Waals surface area (Å²) >= 11 is 0. The Labute approximate surface area is 253 Å². The summed E-state index contributed by atoms with van der Waals surface area (Å²) in [5.41, 5.74) is 0. The number of hydrogen-bond donors (Lipinski definition) is 1. The Kier molecular flexibility index (Phi) is 29.5. The summed E-state index contributed by atoms with van der Waals surface area (Å²) in [4.78, 5) is 11.1. The standard InChI is InChI=1S/C38H76O2/c1-6-7-8-9-10-11-12-13-14-15-16-17-18-19-20-21-22-23-24-25-26-27-28-29-30-34(2)31-35(3)32-36(4)33-37(5)38(39)40/h34-37H,6-33H2,1-5H3,(H,39,40). The monoisotopic (exact) mass is 565 g/mol. The van der Waals surface area contributed by atoms with Crippen LogP contribution in [0.4, 0.5) is 0 Å². The maximum absolute atomic E-state index is 11.1. The molecule has 0 aliphatic rings. The van der Waals surface area contributed by atoms with E-state index in [0.717, 1.165) is 12.3 Å². The lowest BCUT2D eigenvalue weighted by molar-refractivity contribution is -0.141. The van der Waals surface area contributed by atoms with Gasteiger partial charge in [0.25, 0.3) is 0 Å². The topological polar surface area (TPSA) is 37.3 Å². The molecule has 0 aromatic heterocycles. The van der Waals surface area contributed by atoms with Gasteiger partial charge in [-0.1, -0.05) is 195 Å². The van der Waals surface area contributed by atoms with Crippen LogP contribution in [0.15, 0.2) is 0 Å². The van der Waals surface area contributed by atoms with Gasteiger partial charge in [-0.05, 0) is 37.0 Å². The minimum atomic E-state index is -0.650. The van der Waals surface area contributed by atoms with Gasteiger partial charge in [-0.2, -0.15) is 0 Å². The fourth-order valence-corrected chi connectivity index (χ4v) is 6.84. The number of carboxylic acids is 1. The molecule has 1 N–H and O–H groups in total. The second-order valence-electron chi connectivity index (χ2n) is 14.2. The van der Waals surface area contributed by atoms with Gasteiger partial charge in [-0.3, -0.25) is 4.79 Å². The van der Waals surface area contributed by atoms with Crippen molar-refractivity contribution in [2.45, 2.75) is 214 Å². The molecule has 4 unspecified atom stereocenters. The molecule has 0 aliphatic carbocycles. The van der Waals surface area contributed by atoms with Gasteiger partial charge < -0.3 is 5.11 Å². The molecule has 0 radical (unpaired) electrons. The highest BCUT2D eigenvalue weighted by molar-refractivity contribution is 5.69. The molecule has 0 aromatic carbocycles. The van der Waals surface area contributed by atoms with E-state index in [9.17, 15) is 4.79 Å². The average Bonchev–Trinajstić information content (AvgIpc) is 2.90. The van der Waals surface area contributed by atoms with Crippen molar-refractivity contribution in [2.75, 3.05) is 0 Å². The largest absolute Gasteiger partial charge is 0.481 e. The van der Waals surface area contributed by atoms with E-state index in [4.69, 9.17) is 5.11 Å². The fraction of sp³-hybridized carbons (Fsp3) is 0.974. The molecule has 0 spiro atoms. The summed E-state index contributed by atoms with van der Waals surface area (Å²) in [6.07, 6.45) is 39.5. The number of rotatable bonds is 32. The molecule has 4 atom stereocenters. The maximum atomic E-state index is 11.1. The molecule has 0 amide bonds. The lowest BCUT2D eigenvalue weighted by Gasteiger charge is -2.21. The summed E-state index contributed by atoms with van der Waals surface area (Å²) in [5, 5.41) is 9.12. The van der Waals surface area contributed by atoms with Gasteiger partial charge in [0.1, 0.15) is 0 Å². The smallest absolute Gasteiger partial charge is 0.306 e. The van der Waals surface area contributed by atoms with Crippen LogP contribution >= 0.6 is 0 Å². The Morgan fingerprint density at radius 3 is 1.02 bits per heavy atom. The van der Waals surface area contributed by atoms with Crippen LogP contribution in [0.1, 0.15) is 214 Å². The zero-order valence-corrected chi connectivity index (χ0v) is 28.5. The Bertz CT molecular complexity index is 516. The molecule has 2 heteroatoms. The lowest BCUT2D eigenvalue weighted by atomic mass is 9.84. The molecular formula is C38H76O2. The molecule has 0 saturated carbocycles. The molecule has 2 nitrogen and oxygen atoms in total. The van der Waals surface area contributed by atoms with Crippen LogP contribution in [-0.4, -0.2) is 11.1 Å². The number of aliphatic carboxylic acids is 1. The van der Waals surface area contributed by atoms with Crippen LogP contribution in [0.2, 0.25) is 0 Å². The Morgan fingerprint density at radius 2 is 0.700 bits per heavy atom. The SMILES string of the molecule is CCCCCCCCCCCCCCCCCCCCCCCCCCC(C)CC(C)CC(C)CC(C)C(=O)O. The summed E-state index contributed by atoms with van der Waals surface area (Å²) in [6, 6.07) is 0. The van der Waals surface area contributed by atoms with E-state index < -0.39 is 5.97 Å². The average molecular weight is 565 g/mol. The summed E-state index contributed by atoms with van der Waals surface area (Å²) < 4.78 is 0. The molecule has 0 fully saturated rings. The van der Waals surface area contributed by atoms with E-state index in [1.165, 1.54) is 173 Å². The van der Waals surface area contributed by atoms with Crippen molar-refractivity contribution in [3.63, 3.8) is 0 Å². The molecule has 0 bridgehead atoms. The number of hydrogen-bond acceptors (Lipinski definition) is 1. The van der Waals surface area contributed by atoms with Crippen molar-refractivity contribution >= 4 is 5.97 Å². The molecule has 40 heavy (non-hydrogen) atoms. The quantitative estimate of drug-likeness (QED) is 0.0825. The highest BCUT2D eigenvalue weighted by Gasteiger charge is 2.18. The van der Waals surface area contributed by atoms with Crippen molar-refractivity contribution in [1.29, 1.82) is 0 Å². The first-order chi connectivity index (χ1) is 19.4. The molecule has 0 aliphatic heterocycles. The van der Waals surface area contributed by atoms with Gasteiger partial charge >= 0.3 is 5.97 Å². The molecule has 0 aromatic rings. The minimum absolute atomic E-state index is 0.210. The third-order valence-corrected chi connectivity index (χ3v) is 9.34. The van der Waals surface area contributed by atoms with Crippen molar-refractivity contribution in [3.8, 4) is 0 Å². The molecule has 240 valence electrons. The highest BCUT2D eigenvalue weighted by Crippen LogP contribution is 2.26. The van der Waals surface area contributed by atoms with E-state index in [1.54, 1.807) is 0 Å². The van der Waals surface area contributed by atoms with Crippen LogP contribution in [0.5, 0.6) is 0 Å². The molecular weight excluding hydrogens is 488 g/mol. The van der Waals surface area contributed by atoms with Crippen LogP contribution < -0.4 is 0 Å². The minimum Gasteiger partial charge on any atom is -0.481 e. The predicted molar refractivity (Wildman–Crippen MR) is 179 cm³/mol. The first-order valence-electron chi connectivity index (χ1n) is 18.6. The maximum Gasteiger partial charge on any atom is 0.306 e. The second-order valence-corrected chi connectivity index (χ2v) is 14.2. The van der Waals surface area contributed by atoms with Gasteiger partial charge in [0.2, 0.25) is 0 Å². The van der Waals surface area contributed by atoms with Crippen LogP contribution in [0, 0.1) is 23.7 Å². The van der Waals surface area contributed by atoms with Crippen LogP contribution in [-0.2, 0) is 4.79 Å². The van der Waals surface area contributed by atoms with Gasteiger partial charge in [-0.25, -0.2) is 0 Å². The van der Waals surface area contributed by atoms with Crippen molar-refractivity contribution in [1.82, 2.24) is 0 Å². The molecule has 0 saturated heterocycles. The third-order valence-electron chi connectivity index (χ3n) is 9.34. The van der Waals surface area contributed by atoms with Gasteiger partial charge in [0, 0.05) is 0 Å². The fourth-order valence-electron chi connectivity index (χ4n) is 6.84. The first-order valence-corrected chi connectivity index (χ1v) is 18.6. The Balaban J connectivity index is 3.30. The first kappa shape index (κ1) is 39.5. The normalized spacial score (nSPS) is 14.7. The van der Waals surface area contributed by atoms with Gasteiger partial charge in [0.15, 0.2) is 0 Å². The van der Waals surface area contributed by atoms with Crippen LogP contribution in [0.25, 0.3) is 0 Å². The van der Waals surface area contributed by atoms with E-state index >= 15 is 0 Å². The zero-order chi connectivity index (χ0) is 29.7. The van der Waals surface area contributed by atoms with E-state index in [-0.39, 0.29) is 5.92 Å². The number of carboxylic acid groups (broad SMARTS) is 1. The van der Waals surface area contributed by atoms with Crippen molar-refractivity contribution in [3.05, 3.63) is 0 Å². The Morgan fingerprint density at radius 1 is 0.425 bits per heavy atom. The zero-order valence-electron chi connectivity index (χ0n) is 28.5. The van der Waals surface area contributed by atoms with E-state index in [1.807, 2.05) is 6.92 Å². The van der Waals surface area contributed by atoms with Crippen molar-refractivity contribution < 1.29 is 9.90 Å².